The van der Waals surface area contributed by atoms with Gasteiger partial charge < -0.3 is 9.84 Å². The number of halogens is 1. The Morgan fingerprint density at radius 3 is 2.90 bits per heavy atom. The lowest BCUT2D eigenvalue weighted by Gasteiger charge is -2.07. The molecule has 0 aliphatic heterocycles. The van der Waals surface area contributed by atoms with Gasteiger partial charge in [0.1, 0.15) is 17.1 Å². The second-order valence-electron chi connectivity index (χ2n) is 4.66. The molecule has 0 amide bonds. The van der Waals surface area contributed by atoms with Crippen LogP contribution in [0.2, 0.25) is 5.02 Å². The van der Waals surface area contributed by atoms with Gasteiger partial charge in [0.15, 0.2) is 0 Å². The molecule has 0 saturated heterocycles. The maximum atomic E-state index is 9.57. The molecule has 1 aromatic carbocycles. The van der Waals surface area contributed by atoms with Crippen LogP contribution in [0.3, 0.4) is 0 Å². The molecule has 0 atom stereocenters. The van der Waals surface area contributed by atoms with Crippen LogP contribution in [-0.2, 0) is 13.0 Å². The second-order valence-corrected chi connectivity index (χ2v) is 5.07. The number of hydrogen-bond acceptors (Lipinski definition) is 3. The zero-order valence-corrected chi connectivity index (χ0v) is 12.3. The van der Waals surface area contributed by atoms with Crippen LogP contribution in [0.15, 0.2) is 42.6 Å². The maximum Gasteiger partial charge on any atom is 0.243 e. The van der Waals surface area contributed by atoms with E-state index in [2.05, 4.69) is 4.98 Å². The highest BCUT2D eigenvalue weighted by Crippen LogP contribution is 2.29. The number of ether oxygens (including phenoxy) is 1. The van der Waals surface area contributed by atoms with Crippen LogP contribution in [0, 0.1) is 0 Å². The zero-order valence-electron chi connectivity index (χ0n) is 11.6. The van der Waals surface area contributed by atoms with Gasteiger partial charge in [0, 0.05) is 11.2 Å². The molecule has 0 saturated carbocycles. The summed E-state index contributed by atoms with van der Waals surface area (Å²) in [5.74, 6) is 1.07. The van der Waals surface area contributed by atoms with Gasteiger partial charge in [-0.05, 0) is 42.3 Å². The molecule has 0 aliphatic rings. The van der Waals surface area contributed by atoms with Gasteiger partial charge in [-0.3, -0.25) is 4.40 Å². The fraction of sp³-hybridized carbons (Fsp3) is 0.188. The summed E-state index contributed by atoms with van der Waals surface area (Å²) < 4.78 is 7.64. The average Bonchev–Trinajstić information content (AvgIpc) is 2.86. The van der Waals surface area contributed by atoms with E-state index in [0.29, 0.717) is 17.3 Å². The molecule has 0 radical (unpaired) electrons. The molecule has 0 fully saturated rings. The molecule has 0 spiro atoms. The van der Waals surface area contributed by atoms with Gasteiger partial charge in [-0.15, -0.1) is 0 Å². The van der Waals surface area contributed by atoms with Gasteiger partial charge >= 0.3 is 0 Å². The lowest BCUT2D eigenvalue weighted by atomic mass is 10.1. The van der Waals surface area contributed by atoms with Crippen LogP contribution in [0.25, 0.3) is 5.65 Å². The van der Waals surface area contributed by atoms with Crippen molar-refractivity contribution in [3.63, 3.8) is 0 Å². The summed E-state index contributed by atoms with van der Waals surface area (Å²) in [7, 11) is 0. The fourth-order valence-electron chi connectivity index (χ4n) is 2.25. The molecule has 21 heavy (non-hydrogen) atoms. The highest BCUT2D eigenvalue weighted by atomic mass is 35.5. The van der Waals surface area contributed by atoms with E-state index in [0.717, 1.165) is 22.7 Å². The third-order valence-corrected chi connectivity index (χ3v) is 3.72. The zero-order chi connectivity index (χ0) is 14.8. The summed E-state index contributed by atoms with van der Waals surface area (Å²) in [5, 5.41) is 10.3. The fourth-order valence-corrected chi connectivity index (χ4v) is 2.50. The number of hydrogen-bond donors (Lipinski definition) is 1. The molecule has 2 aromatic heterocycles. The van der Waals surface area contributed by atoms with Crippen LogP contribution in [0.5, 0.6) is 11.6 Å². The van der Waals surface area contributed by atoms with Crippen LogP contribution >= 0.6 is 11.6 Å². The van der Waals surface area contributed by atoms with Gasteiger partial charge in [0.05, 0.1) is 6.61 Å². The smallest absolute Gasteiger partial charge is 0.243 e. The van der Waals surface area contributed by atoms with E-state index in [-0.39, 0.29) is 6.61 Å². The van der Waals surface area contributed by atoms with Crippen molar-refractivity contribution in [1.82, 2.24) is 9.38 Å². The Bertz CT molecular complexity index is 783. The summed E-state index contributed by atoms with van der Waals surface area (Å²) in [6, 6.07) is 11.1. The van der Waals surface area contributed by atoms with E-state index in [1.54, 1.807) is 6.07 Å². The number of imidazole rings is 1. The van der Waals surface area contributed by atoms with Crippen molar-refractivity contribution in [2.24, 2.45) is 0 Å². The van der Waals surface area contributed by atoms with E-state index in [4.69, 9.17) is 16.3 Å². The predicted molar refractivity (Wildman–Crippen MR) is 82.0 cm³/mol. The van der Waals surface area contributed by atoms with Crippen molar-refractivity contribution in [2.45, 2.75) is 20.0 Å². The summed E-state index contributed by atoms with van der Waals surface area (Å²) in [6.07, 6.45) is 2.67. The quantitative estimate of drug-likeness (QED) is 0.796. The Hall–Kier alpha value is -2.04. The molecule has 3 rings (SSSR count). The minimum absolute atomic E-state index is 0.144. The molecule has 2 heterocycles. The third kappa shape index (κ3) is 2.60. The van der Waals surface area contributed by atoms with E-state index in [9.17, 15) is 5.11 Å². The number of aliphatic hydroxyl groups excluding tert-OH is 1. The minimum atomic E-state index is -0.144. The molecule has 5 heteroatoms. The molecular formula is C16H15ClN2O2. The van der Waals surface area contributed by atoms with Crippen molar-refractivity contribution >= 4 is 17.2 Å². The average molecular weight is 303 g/mol. The number of nitrogens with zero attached hydrogens (tertiary/aromatic N) is 2. The number of fused-ring (bicyclic) bond motifs is 1. The first kappa shape index (κ1) is 13.9. The summed E-state index contributed by atoms with van der Waals surface area (Å²) in [6.45, 7) is 1.89. The van der Waals surface area contributed by atoms with Crippen molar-refractivity contribution < 1.29 is 9.84 Å². The monoisotopic (exact) mass is 302 g/mol. The number of aromatic nitrogens is 2. The van der Waals surface area contributed by atoms with Crippen molar-refractivity contribution in [3.8, 4) is 11.6 Å². The van der Waals surface area contributed by atoms with Crippen LogP contribution in [0.4, 0.5) is 0 Å². The third-order valence-electron chi connectivity index (χ3n) is 3.35. The Balaban J connectivity index is 2.01. The topological polar surface area (TPSA) is 46.8 Å². The van der Waals surface area contributed by atoms with E-state index < -0.39 is 0 Å². The van der Waals surface area contributed by atoms with E-state index in [1.165, 1.54) is 0 Å². The van der Waals surface area contributed by atoms with Crippen molar-refractivity contribution in [2.75, 3.05) is 0 Å². The molecule has 4 nitrogen and oxygen atoms in total. The first-order valence-electron chi connectivity index (χ1n) is 6.76. The van der Waals surface area contributed by atoms with Crippen LogP contribution in [-0.4, -0.2) is 14.5 Å². The molecule has 0 unspecified atom stereocenters. The van der Waals surface area contributed by atoms with Gasteiger partial charge in [0.2, 0.25) is 5.88 Å². The predicted octanol–water partition coefficient (Wildman–Crippen LogP) is 3.83. The number of benzene rings is 1. The number of pyridine rings is 1. The van der Waals surface area contributed by atoms with Gasteiger partial charge in [-0.1, -0.05) is 24.6 Å². The SMILES string of the molecule is CCc1cc(Oc2nc3ccccn3c2CO)ccc1Cl. The van der Waals surface area contributed by atoms with Crippen LogP contribution in [0.1, 0.15) is 18.2 Å². The highest BCUT2D eigenvalue weighted by molar-refractivity contribution is 6.31. The normalized spacial score (nSPS) is 11.0. The molecule has 1 N–H and O–H groups in total. The van der Waals surface area contributed by atoms with Crippen LogP contribution < -0.4 is 4.74 Å². The Morgan fingerprint density at radius 1 is 1.29 bits per heavy atom. The van der Waals surface area contributed by atoms with Crippen molar-refractivity contribution in [3.05, 3.63) is 58.9 Å². The number of aliphatic hydroxyl groups is 1. The summed E-state index contributed by atoms with van der Waals surface area (Å²) in [4.78, 5) is 4.40. The molecule has 3 aromatic rings. The molecule has 0 bridgehead atoms. The number of aryl methyl sites for hydroxylation is 1. The molecular weight excluding hydrogens is 288 g/mol. The van der Waals surface area contributed by atoms with Gasteiger partial charge in [-0.25, -0.2) is 0 Å². The molecule has 108 valence electrons. The highest BCUT2D eigenvalue weighted by Gasteiger charge is 2.13. The minimum Gasteiger partial charge on any atom is -0.437 e. The first-order valence-corrected chi connectivity index (χ1v) is 7.13. The van der Waals surface area contributed by atoms with Crippen molar-refractivity contribution in [1.29, 1.82) is 0 Å². The van der Waals surface area contributed by atoms with Gasteiger partial charge in [0.25, 0.3) is 0 Å². The lowest BCUT2D eigenvalue weighted by molar-refractivity contribution is 0.269. The number of rotatable bonds is 4. The van der Waals surface area contributed by atoms with E-state index in [1.807, 2.05) is 47.9 Å². The first-order chi connectivity index (χ1) is 10.2. The largest absolute Gasteiger partial charge is 0.437 e. The standard InChI is InChI=1S/C16H15ClN2O2/c1-2-11-9-12(6-7-13(11)17)21-16-14(10-20)19-8-4-3-5-15(19)18-16/h3-9,20H,2,10H2,1H3. The summed E-state index contributed by atoms with van der Waals surface area (Å²) >= 11 is 6.11. The Labute approximate surface area is 127 Å². The Kier molecular flexibility index (Phi) is 3.82. The van der Waals surface area contributed by atoms with E-state index >= 15 is 0 Å². The lowest BCUT2D eigenvalue weighted by Crippen LogP contribution is -1.95. The summed E-state index contributed by atoms with van der Waals surface area (Å²) in [5.41, 5.74) is 2.38. The van der Waals surface area contributed by atoms with Gasteiger partial charge in [-0.2, -0.15) is 4.98 Å². The second kappa shape index (κ2) is 5.76. The maximum absolute atomic E-state index is 9.57. The molecule has 0 aliphatic carbocycles. The Morgan fingerprint density at radius 2 is 2.14 bits per heavy atom.